The Kier molecular flexibility index (Phi) is 5.33. The van der Waals surface area contributed by atoms with Gasteiger partial charge in [-0.25, -0.2) is 0 Å². The van der Waals surface area contributed by atoms with Gasteiger partial charge in [-0.15, -0.1) is 0 Å². The van der Waals surface area contributed by atoms with Crippen LogP contribution in [0, 0.1) is 0 Å². The number of phenolic OH excluding ortho intramolecular Hbond substituents is 1. The van der Waals surface area contributed by atoms with Gasteiger partial charge >= 0.3 is 0 Å². The molecule has 15 heavy (non-hydrogen) atoms. The van der Waals surface area contributed by atoms with E-state index in [0.717, 1.165) is 29.8 Å². The van der Waals surface area contributed by atoms with Crippen LogP contribution in [0.25, 0.3) is 0 Å². The van der Waals surface area contributed by atoms with E-state index < -0.39 is 0 Å². The number of quaternary nitrogens is 1. The summed E-state index contributed by atoms with van der Waals surface area (Å²) in [6.07, 6.45) is 0. The molecule has 3 heteroatoms. The second-order valence-corrected chi connectivity index (χ2v) is 3.58. The third-order valence-electron chi connectivity index (χ3n) is 3.21. The Bertz CT molecular complexity index is 287. The smallest absolute Gasteiger partial charge is 0.177 e. The lowest BCUT2D eigenvalue weighted by molar-refractivity contribution is 0.304. The molecule has 0 radical (unpaired) electrons. The monoisotopic (exact) mass is 211 g/mol. The Morgan fingerprint density at radius 3 is 1.87 bits per heavy atom. The van der Waals surface area contributed by atoms with Crippen molar-refractivity contribution in [2.45, 2.75) is 20.8 Å². The van der Waals surface area contributed by atoms with Crippen LogP contribution >= 0.6 is 0 Å². The van der Waals surface area contributed by atoms with Crippen molar-refractivity contribution in [2.75, 3.05) is 19.6 Å². The summed E-state index contributed by atoms with van der Waals surface area (Å²) in [7, 11) is 0. The van der Waals surface area contributed by atoms with E-state index in [9.17, 15) is 5.11 Å². The van der Waals surface area contributed by atoms with E-state index >= 15 is 0 Å². The first-order valence-electron chi connectivity index (χ1n) is 5.34. The predicted octanol–water partition coefficient (Wildman–Crippen LogP) is 2.58. The van der Waals surface area contributed by atoms with E-state index in [1.165, 1.54) is 0 Å². The molecule has 0 bridgehead atoms. The van der Waals surface area contributed by atoms with Crippen LogP contribution in [-0.2, 0) is 0 Å². The standard InChI is InChI=1S/C12H19NO.H2O/c1-4-13(5-2,6-3)11-9-7-8-10-12(11)14;/h7-10H,4-6H2,1-3H3;1H2. The zero-order valence-electron chi connectivity index (χ0n) is 9.77. The summed E-state index contributed by atoms with van der Waals surface area (Å²) in [4.78, 5) is 0. The fourth-order valence-corrected chi connectivity index (χ4v) is 2.05. The normalized spacial score (nSPS) is 10.9. The van der Waals surface area contributed by atoms with Gasteiger partial charge in [0.15, 0.2) is 11.4 Å². The number of rotatable bonds is 4. The minimum atomic E-state index is 0. The molecule has 0 aliphatic carbocycles. The molecule has 0 saturated carbocycles. The van der Waals surface area contributed by atoms with Crippen LogP contribution in [0.4, 0.5) is 5.69 Å². The zero-order valence-corrected chi connectivity index (χ0v) is 9.77. The van der Waals surface area contributed by atoms with Gasteiger partial charge in [-0.05, 0) is 26.8 Å². The van der Waals surface area contributed by atoms with Gasteiger partial charge in [0.2, 0.25) is 0 Å². The van der Waals surface area contributed by atoms with E-state index in [1.54, 1.807) is 6.07 Å². The number of hydrogen-bond donors (Lipinski definition) is 1. The molecule has 1 aromatic rings. The van der Waals surface area contributed by atoms with Crippen molar-refractivity contribution in [2.24, 2.45) is 0 Å². The maximum Gasteiger partial charge on any atom is 0.177 e. The van der Waals surface area contributed by atoms with Crippen LogP contribution in [0.2, 0.25) is 0 Å². The van der Waals surface area contributed by atoms with Gasteiger partial charge in [-0.1, -0.05) is 12.1 Å². The molecule has 0 unspecified atom stereocenters. The molecule has 0 aliphatic heterocycles. The summed E-state index contributed by atoms with van der Waals surface area (Å²) >= 11 is 0. The third kappa shape index (κ3) is 2.49. The minimum absolute atomic E-state index is 0. The zero-order chi connectivity index (χ0) is 10.6. The molecule has 0 amide bonds. The molecule has 0 heterocycles. The Morgan fingerprint density at radius 1 is 1.00 bits per heavy atom. The molecule has 0 fully saturated rings. The molecular formula is C12H21NO2. The number of nitrogens with zero attached hydrogens (tertiary/aromatic N) is 1. The van der Waals surface area contributed by atoms with Crippen LogP contribution in [0.3, 0.4) is 0 Å². The van der Waals surface area contributed by atoms with Crippen LogP contribution in [0.15, 0.2) is 24.3 Å². The summed E-state index contributed by atoms with van der Waals surface area (Å²) in [6.45, 7) is 9.55. The van der Waals surface area contributed by atoms with Crippen LogP contribution in [-0.4, -0.2) is 30.2 Å². The van der Waals surface area contributed by atoms with Gasteiger partial charge in [-0.3, -0.25) is 4.48 Å². The molecule has 3 nitrogen and oxygen atoms in total. The van der Waals surface area contributed by atoms with Crippen LogP contribution in [0.1, 0.15) is 20.8 Å². The van der Waals surface area contributed by atoms with Crippen molar-refractivity contribution in [3.63, 3.8) is 0 Å². The van der Waals surface area contributed by atoms with Gasteiger partial charge in [0.05, 0.1) is 19.6 Å². The maximum absolute atomic E-state index is 9.82. The fourth-order valence-electron chi connectivity index (χ4n) is 2.05. The predicted molar refractivity (Wildman–Crippen MR) is 63.5 cm³/mol. The molecule has 0 atom stereocenters. The van der Waals surface area contributed by atoms with Crippen LogP contribution in [0.5, 0.6) is 5.75 Å². The molecular weight excluding hydrogens is 190 g/mol. The van der Waals surface area contributed by atoms with Gasteiger partial charge in [-0.2, -0.15) is 0 Å². The first-order valence-corrected chi connectivity index (χ1v) is 5.34. The van der Waals surface area contributed by atoms with Gasteiger partial charge in [0.1, 0.15) is 0 Å². The largest absolute Gasteiger partial charge is 0.870 e. The van der Waals surface area contributed by atoms with E-state index in [1.807, 2.05) is 18.2 Å². The van der Waals surface area contributed by atoms with E-state index in [2.05, 4.69) is 20.8 Å². The summed E-state index contributed by atoms with van der Waals surface area (Å²) in [5.74, 6) is 0.415. The number of benzene rings is 1. The lowest BCUT2D eigenvalue weighted by Gasteiger charge is -2.35. The van der Waals surface area contributed by atoms with Gasteiger partial charge < -0.3 is 10.6 Å². The third-order valence-corrected chi connectivity index (χ3v) is 3.21. The topological polar surface area (TPSA) is 50.2 Å². The number of para-hydroxylation sites is 2. The Balaban J connectivity index is 0.00000196. The van der Waals surface area contributed by atoms with Gasteiger partial charge in [0.25, 0.3) is 0 Å². The maximum atomic E-state index is 9.82. The van der Waals surface area contributed by atoms with Gasteiger partial charge in [0, 0.05) is 6.07 Å². The molecule has 86 valence electrons. The number of phenols is 1. The summed E-state index contributed by atoms with van der Waals surface area (Å²) in [5.41, 5.74) is 1.04. The van der Waals surface area contributed by atoms with Crippen molar-refractivity contribution in [3.05, 3.63) is 24.3 Å². The minimum Gasteiger partial charge on any atom is -0.870 e. The molecule has 1 aromatic carbocycles. The average Bonchev–Trinajstić information content (AvgIpc) is 2.24. The Labute approximate surface area is 91.9 Å². The summed E-state index contributed by atoms with van der Waals surface area (Å²) in [6, 6.07) is 7.65. The second-order valence-electron chi connectivity index (χ2n) is 3.58. The number of aromatic hydroxyl groups is 1. The highest BCUT2D eigenvalue weighted by atomic mass is 16.3. The van der Waals surface area contributed by atoms with E-state index in [-0.39, 0.29) is 5.48 Å². The van der Waals surface area contributed by atoms with E-state index in [4.69, 9.17) is 0 Å². The lowest BCUT2D eigenvalue weighted by Crippen LogP contribution is -2.48. The highest BCUT2D eigenvalue weighted by Crippen LogP contribution is 2.31. The fraction of sp³-hybridized carbons (Fsp3) is 0.500. The summed E-state index contributed by atoms with van der Waals surface area (Å²) in [5, 5.41) is 9.82. The van der Waals surface area contributed by atoms with Crippen LogP contribution < -0.4 is 4.48 Å². The van der Waals surface area contributed by atoms with Crippen molar-refractivity contribution in [1.29, 1.82) is 0 Å². The first-order chi connectivity index (χ1) is 6.70. The SMILES string of the molecule is CC[N+](CC)(CC)c1ccccc1O.[OH-]. The molecule has 0 aromatic heterocycles. The molecule has 0 aliphatic rings. The van der Waals surface area contributed by atoms with Crippen molar-refractivity contribution >= 4 is 5.69 Å². The van der Waals surface area contributed by atoms with Crippen molar-refractivity contribution in [3.8, 4) is 5.75 Å². The lowest BCUT2D eigenvalue weighted by atomic mass is 10.2. The van der Waals surface area contributed by atoms with Crippen molar-refractivity contribution < 1.29 is 10.6 Å². The highest BCUT2D eigenvalue weighted by molar-refractivity contribution is 5.54. The Hall–Kier alpha value is -1.06. The summed E-state index contributed by atoms with van der Waals surface area (Å²) < 4.78 is 0.854. The number of hydrogen-bond acceptors (Lipinski definition) is 2. The Morgan fingerprint density at radius 2 is 1.47 bits per heavy atom. The molecule has 2 N–H and O–H groups in total. The molecule has 1 rings (SSSR count). The molecule has 0 saturated heterocycles. The quantitative estimate of drug-likeness (QED) is 0.778. The van der Waals surface area contributed by atoms with Crippen molar-refractivity contribution in [1.82, 2.24) is 4.48 Å². The second kappa shape index (κ2) is 5.73. The molecule has 0 spiro atoms. The highest BCUT2D eigenvalue weighted by Gasteiger charge is 2.26. The van der Waals surface area contributed by atoms with E-state index in [0.29, 0.717) is 5.75 Å². The first kappa shape index (κ1) is 13.9. The average molecular weight is 211 g/mol.